The Kier molecular flexibility index (Phi) is 6.68. The lowest BCUT2D eigenvalue weighted by Crippen LogP contribution is -2.41. The van der Waals surface area contributed by atoms with Gasteiger partial charge in [0.25, 0.3) is 0 Å². The van der Waals surface area contributed by atoms with Crippen LogP contribution >= 0.6 is 0 Å². The quantitative estimate of drug-likeness (QED) is 0.802. The lowest BCUT2D eigenvalue weighted by atomic mass is 10.1. The maximum atomic E-state index is 11.9. The van der Waals surface area contributed by atoms with E-state index in [9.17, 15) is 4.79 Å². The van der Waals surface area contributed by atoms with Crippen molar-refractivity contribution in [3.63, 3.8) is 0 Å². The van der Waals surface area contributed by atoms with Crippen LogP contribution in [0.1, 0.15) is 17.5 Å². The monoisotopic (exact) mass is 305 g/mol. The number of para-hydroxylation sites is 1. The topological polar surface area (TPSA) is 53.6 Å². The number of hydrogen-bond donors (Lipinski definition) is 2. The first-order chi connectivity index (χ1) is 10.7. The molecule has 0 aromatic heterocycles. The Morgan fingerprint density at radius 2 is 1.86 bits per heavy atom. The third kappa shape index (κ3) is 5.31. The minimum atomic E-state index is 0.104. The number of rotatable bonds is 7. The minimum absolute atomic E-state index is 0.104. The van der Waals surface area contributed by atoms with Gasteiger partial charge in [0.1, 0.15) is 0 Å². The zero-order valence-corrected chi connectivity index (χ0v) is 13.7. The summed E-state index contributed by atoms with van der Waals surface area (Å²) in [5.74, 6) is 0.104. The number of benzene rings is 1. The summed E-state index contributed by atoms with van der Waals surface area (Å²) < 4.78 is 5.30. The molecular formula is C17H27N3O2. The van der Waals surface area contributed by atoms with Crippen molar-refractivity contribution in [3.8, 4) is 0 Å². The smallest absolute Gasteiger partial charge is 0.221 e. The molecule has 1 amide bonds. The number of ether oxygens (including phenoxy) is 1. The van der Waals surface area contributed by atoms with Gasteiger partial charge >= 0.3 is 0 Å². The van der Waals surface area contributed by atoms with Crippen LogP contribution in [0, 0.1) is 13.8 Å². The maximum Gasteiger partial charge on any atom is 0.221 e. The summed E-state index contributed by atoms with van der Waals surface area (Å²) >= 11 is 0. The number of nitrogens with zero attached hydrogens (tertiary/aromatic N) is 1. The predicted molar refractivity (Wildman–Crippen MR) is 89.3 cm³/mol. The molecule has 122 valence electrons. The van der Waals surface area contributed by atoms with Crippen molar-refractivity contribution in [2.45, 2.75) is 20.3 Å². The Bertz CT molecular complexity index is 465. The zero-order chi connectivity index (χ0) is 15.8. The van der Waals surface area contributed by atoms with Crippen molar-refractivity contribution < 1.29 is 9.53 Å². The van der Waals surface area contributed by atoms with Crippen molar-refractivity contribution in [3.05, 3.63) is 29.3 Å². The van der Waals surface area contributed by atoms with Gasteiger partial charge in [-0.2, -0.15) is 0 Å². The molecule has 2 N–H and O–H groups in total. The van der Waals surface area contributed by atoms with E-state index in [0.29, 0.717) is 19.5 Å². The van der Waals surface area contributed by atoms with Gasteiger partial charge < -0.3 is 15.4 Å². The molecule has 0 unspecified atom stereocenters. The van der Waals surface area contributed by atoms with E-state index in [1.165, 1.54) is 11.1 Å². The van der Waals surface area contributed by atoms with Crippen LogP contribution in [0.4, 0.5) is 5.69 Å². The van der Waals surface area contributed by atoms with E-state index in [1.54, 1.807) is 0 Å². The number of anilines is 1. The third-order valence-electron chi connectivity index (χ3n) is 3.99. The number of nitrogens with one attached hydrogen (secondary N) is 2. The van der Waals surface area contributed by atoms with Gasteiger partial charge in [0.2, 0.25) is 5.91 Å². The summed E-state index contributed by atoms with van der Waals surface area (Å²) in [5.41, 5.74) is 3.57. The summed E-state index contributed by atoms with van der Waals surface area (Å²) in [6.45, 7) is 9.96. The number of aryl methyl sites for hydroxylation is 2. The number of hydrogen-bond acceptors (Lipinski definition) is 4. The van der Waals surface area contributed by atoms with Crippen molar-refractivity contribution >= 4 is 11.6 Å². The largest absolute Gasteiger partial charge is 0.384 e. The van der Waals surface area contributed by atoms with E-state index in [2.05, 4.69) is 41.5 Å². The second-order valence-electron chi connectivity index (χ2n) is 5.75. The van der Waals surface area contributed by atoms with Crippen molar-refractivity contribution in [2.75, 3.05) is 51.3 Å². The van der Waals surface area contributed by atoms with E-state index in [-0.39, 0.29) is 5.91 Å². The zero-order valence-electron chi connectivity index (χ0n) is 13.7. The molecule has 1 saturated heterocycles. The van der Waals surface area contributed by atoms with E-state index in [4.69, 9.17) is 4.74 Å². The molecule has 0 saturated carbocycles. The van der Waals surface area contributed by atoms with Crippen LogP contribution in [0.25, 0.3) is 0 Å². The van der Waals surface area contributed by atoms with Gasteiger partial charge in [-0.1, -0.05) is 18.2 Å². The van der Waals surface area contributed by atoms with Crippen molar-refractivity contribution in [2.24, 2.45) is 0 Å². The van der Waals surface area contributed by atoms with Crippen LogP contribution < -0.4 is 10.6 Å². The fourth-order valence-corrected chi connectivity index (χ4v) is 2.66. The Balaban J connectivity index is 1.61. The molecule has 2 rings (SSSR count). The fourth-order valence-electron chi connectivity index (χ4n) is 2.66. The van der Waals surface area contributed by atoms with E-state index in [1.807, 2.05) is 6.07 Å². The molecule has 0 bridgehead atoms. The van der Waals surface area contributed by atoms with Crippen LogP contribution in [0.5, 0.6) is 0 Å². The SMILES string of the molecule is Cc1cccc(C)c1NCCC(=O)NCCN1CCOCC1. The molecule has 0 spiro atoms. The molecule has 1 aliphatic rings. The van der Waals surface area contributed by atoms with E-state index >= 15 is 0 Å². The Morgan fingerprint density at radius 1 is 1.18 bits per heavy atom. The maximum absolute atomic E-state index is 11.9. The van der Waals surface area contributed by atoms with Crippen LogP contribution in [-0.2, 0) is 9.53 Å². The van der Waals surface area contributed by atoms with Gasteiger partial charge in [0.05, 0.1) is 13.2 Å². The van der Waals surface area contributed by atoms with Gasteiger partial charge in [0, 0.05) is 44.8 Å². The molecule has 1 fully saturated rings. The average molecular weight is 305 g/mol. The lowest BCUT2D eigenvalue weighted by molar-refractivity contribution is -0.120. The van der Waals surface area contributed by atoms with Crippen LogP contribution in [0.15, 0.2) is 18.2 Å². The minimum Gasteiger partial charge on any atom is -0.384 e. The van der Waals surface area contributed by atoms with Gasteiger partial charge in [-0.3, -0.25) is 9.69 Å². The lowest BCUT2D eigenvalue weighted by Gasteiger charge is -2.26. The molecule has 0 radical (unpaired) electrons. The van der Waals surface area contributed by atoms with Crippen molar-refractivity contribution in [1.29, 1.82) is 0 Å². The summed E-state index contributed by atoms with van der Waals surface area (Å²) in [7, 11) is 0. The van der Waals surface area contributed by atoms with Crippen LogP contribution in [0.2, 0.25) is 0 Å². The Labute approximate surface area is 133 Å². The predicted octanol–water partition coefficient (Wildman–Crippen LogP) is 1.55. The number of amides is 1. The highest BCUT2D eigenvalue weighted by Crippen LogP contribution is 2.18. The number of carbonyl (C=O) groups is 1. The highest BCUT2D eigenvalue weighted by molar-refractivity contribution is 5.76. The molecule has 0 aliphatic carbocycles. The summed E-state index contributed by atoms with van der Waals surface area (Å²) in [4.78, 5) is 14.2. The number of morpholine rings is 1. The molecule has 1 aromatic rings. The van der Waals surface area contributed by atoms with Gasteiger partial charge in [-0.25, -0.2) is 0 Å². The third-order valence-corrected chi connectivity index (χ3v) is 3.99. The fraction of sp³-hybridized carbons (Fsp3) is 0.588. The summed E-state index contributed by atoms with van der Waals surface area (Å²) in [5, 5.41) is 6.35. The Morgan fingerprint density at radius 3 is 2.55 bits per heavy atom. The molecule has 1 aliphatic heterocycles. The second kappa shape index (κ2) is 8.76. The first-order valence-electron chi connectivity index (χ1n) is 8.03. The first-order valence-corrected chi connectivity index (χ1v) is 8.03. The molecule has 0 atom stereocenters. The highest BCUT2D eigenvalue weighted by Gasteiger charge is 2.10. The second-order valence-corrected chi connectivity index (χ2v) is 5.75. The number of carbonyl (C=O) groups excluding carboxylic acids is 1. The van der Waals surface area contributed by atoms with Gasteiger partial charge in [0.15, 0.2) is 0 Å². The summed E-state index contributed by atoms with van der Waals surface area (Å²) in [6.07, 6.45) is 0.497. The van der Waals surface area contributed by atoms with Crippen LogP contribution in [-0.4, -0.2) is 56.7 Å². The molecule has 5 nitrogen and oxygen atoms in total. The first kappa shape index (κ1) is 16.8. The normalized spacial score (nSPS) is 15.5. The standard InChI is InChI=1S/C17H27N3O2/c1-14-4-3-5-15(2)17(14)19-7-6-16(21)18-8-9-20-10-12-22-13-11-20/h3-5,19H,6-13H2,1-2H3,(H,18,21). The van der Waals surface area contributed by atoms with Crippen molar-refractivity contribution in [1.82, 2.24) is 10.2 Å². The molecule has 22 heavy (non-hydrogen) atoms. The van der Waals surface area contributed by atoms with E-state index < -0.39 is 0 Å². The average Bonchev–Trinajstić information content (AvgIpc) is 2.51. The molecular weight excluding hydrogens is 278 g/mol. The van der Waals surface area contributed by atoms with Gasteiger partial charge in [-0.05, 0) is 25.0 Å². The van der Waals surface area contributed by atoms with E-state index in [0.717, 1.165) is 38.5 Å². The van der Waals surface area contributed by atoms with Crippen LogP contribution in [0.3, 0.4) is 0 Å². The Hall–Kier alpha value is -1.59. The molecule has 1 heterocycles. The van der Waals surface area contributed by atoms with Gasteiger partial charge in [-0.15, -0.1) is 0 Å². The molecule has 5 heteroatoms. The highest BCUT2D eigenvalue weighted by atomic mass is 16.5. The molecule has 1 aromatic carbocycles. The summed E-state index contributed by atoms with van der Waals surface area (Å²) in [6, 6.07) is 6.21.